The fourth-order valence-electron chi connectivity index (χ4n) is 2.37. The predicted molar refractivity (Wildman–Crippen MR) is 78.1 cm³/mol. The summed E-state index contributed by atoms with van der Waals surface area (Å²) in [6, 6.07) is 10.9. The number of benzene rings is 1. The van der Waals surface area contributed by atoms with Crippen molar-refractivity contribution in [1.82, 2.24) is 9.88 Å². The molecular weight excluding hydrogens is 268 g/mol. The van der Waals surface area contributed by atoms with Crippen LogP contribution in [-0.2, 0) is 0 Å². The summed E-state index contributed by atoms with van der Waals surface area (Å²) < 4.78 is 5.35. The highest BCUT2D eigenvalue weighted by molar-refractivity contribution is 5.96. The minimum Gasteiger partial charge on any atom is -0.496 e. The quantitative estimate of drug-likeness (QED) is 0.929. The average molecular weight is 284 g/mol. The monoisotopic (exact) mass is 284 g/mol. The Labute approximate surface area is 122 Å². The molecule has 108 valence electrons. The van der Waals surface area contributed by atoms with E-state index in [0.717, 1.165) is 11.3 Å². The van der Waals surface area contributed by atoms with Crippen molar-refractivity contribution in [2.45, 2.75) is 6.10 Å². The smallest absolute Gasteiger partial charge is 0.254 e. The molecule has 1 aliphatic rings. The second kappa shape index (κ2) is 5.54. The van der Waals surface area contributed by atoms with Crippen LogP contribution in [0.4, 0.5) is 0 Å². The van der Waals surface area contributed by atoms with Gasteiger partial charge in [-0.05, 0) is 30.3 Å². The molecule has 21 heavy (non-hydrogen) atoms. The number of pyridine rings is 1. The summed E-state index contributed by atoms with van der Waals surface area (Å²) in [5, 5.41) is 9.31. The SMILES string of the molecule is COc1ccc(C(=O)N2CC(O)C2)cc1-c1ccccn1. The van der Waals surface area contributed by atoms with E-state index in [1.807, 2.05) is 18.2 Å². The summed E-state index contributed by atoms with van der Waals surface area (Å²) in [6.45, 7) is 0.785. The van der Waals surface area contributed by atoms with Gasteiger partial charge in [-0.3, -0.25) is 9.78 Å². The molecule has 1 fully saturated rings. The molecule has 1 aromatic heterocycles. The van der Waals surface area contributed by atoms with E-state index in [9.17, 15) is 9.90 Å². The second-order valence-electron chi connectivity index (χ2n) is 4.99. The van der Waals surface area contributed by atoms with Crippen LogP contribution in [0.5, 0.6) is 5.75 Å². The number of methoxy groups -OCH3 is 1. The number of carbonyl (C=O) groups is 1. The molecule has 0 saturated carbocycles. The molecule has 0 spiro atoms. The lowest BCUT2D eigenvalue weighted by atomic mass is 10.0. The zero-order valence-electron chi connectivity index (χ0n) is 11.7. The third-order valence-electron chi connectivity index (χ3n) is 3.54. The van der Waals surface area contributed by atoms with Gasteiger partial charge in [0.05, 0.1) is 18.9 Å². The van der Waals surface area contributed by atoms with E-state index in [2.05, 4.69) is 4.98 Å². The standard InChI is InChI=1S/C16H16N2O3/c1-21-15-6-5-11(16(20)18-9-12(19)10-18)8-13(15)14-4-2-3-7-17-14/h2-8,12,19H,9-10H2,1H3. The van der Waals surface area contributed by atoms with E-state index in [4.69, 9.17) is 4.74 Å². The average Bonchev–Trinajstić information content (AvgIpc) is 2.51. The van der Waals surface area contributed by atoms with Gasteiger partial charge in [0.25, 0.3) is 5.91 Å². The number of hydrogen-bond acceptors (Lipinski definition) is 4. The van der Waals surface area contributed by atoms with Crippen molar-refractivity contribution in [3.63, 3.8) is 0 Å². The Hall–Kier alpha value is -2.40. The molecule has 3 rings (SSSR count). The molecule has 0 radical (unpaired) electrons. The maximum atomic E-state index is 12.3. The summed E-state index contributed by atoms with van der Waals surface area (Å²) >= 11 is 0. The zero-order chi connectivity index (χ0) is 14.8. The van der Waals surface area contributed by atoms with Crippen LogP contribution in [0.1, 0.15) is 10.4 Å². The highest BCUT2D eigenvalue weighted by Gasteiger charge is 2.29. The van der Waals surface area contributed by atoms with Gasteiger partial charge in [-0.1, -0.05) is 6.07 Å². The van der Waals surface area contributed by atoms with Crippen molar-refractivity contribution in [2.75, 3.05) is 20.2 Å². The second-order valence-corrected chi connectivity index (χ2v) is 4.99. The molecule has 1 aromatic carbocycles. The first kappa shape index (κ1) is 13.6. The molecule has 1 amide bonds. The van der Waals surface area contributed by atoms with Crippen LogP contribution in [0.25, 0.3) is 11.3 Å². The molecule has 0 bridgehead atoms. The Balaban J connectivity index is 1.95. The number of aliphatic hydroxyl groups is 1. The summed E-state index contributed by atoms with van der Waals surface area (Å²) in [4.78, 5) is 18.2. The maximum absolute atomic E-state index is 12.3. The lowest BCUT2D eigenvalue weighted by molar-refractivity contribution is 0.00589. The highest BCUT2D eigenvalue weighted by atomic mass is 16.5. The summed E-state index contributed by atoms with van der Waals surface area (Å²) in [7, 11) is 1.59. The Morgan fingerprint density at radius 3 is 2.76 bits per heavy atom. The molecule has 1 N–H and O–H groups in total. The third kappa shape index (κ3) is 2.60. The predicted octanol–water partition coefficient (Wildman–Crippen LogP) is 1.57. The Morgan fingerprint density at radius 2 is 2.14 bits per heavy atom. The molecule has 2 heterocycles. The first-order valence-electron chi connectivity index (χ1n) is 6.76. The third-order valence-corrected chi connectivity index (χ3v) is 3.54. The van der Waals surface area contributed by atoms with E-state index >= 15 is 0 Å². The molecule has 0 atom stereocenters. The first-order valence-corrected chi connectivity index (χ1v) is 6.76. The van der Waals surface area contributed by atoms with Gasteiger partial charge in [-0.25, -0.2) is 0 Å². The number of hydrogen-bond donors (Lipinski definition) is 1. The summed E-state index contributed by atoms with van der Waals surface area (Å²) in [5.41, 5.74) is 2.11. The molecule has 1 aliphatic heterocycles. The van der Waals surface area contributed by atoms with Crippen molar-refractivity contribution in [2.24, 2.45) is 0 Å². The number of β-amino-alcohol motifs (C(OH)–C–C–N with tert-alkyl or cyclic N) is 1. The normalized spacial score (nSPS) is 14.7. The van der Waals surface area contributed by atoms with E-state index in [1.54, 1.807) is 36.4 Å². The number of amides is 1. The zero-order valence-corrected chi connectivity index (χ0v) is 11.7. The number of carbonyl (C=O) groups excluding carboxylic acids is 1. The fourth-order valence-corrected chi connectivity index (χ4v) is 2.37. The lowest BCUT2D eigenvalue weighted by Gasteiger charge is -2.36. The fraction of sp³-hybridized carbons (Fsp3) is 0.250. The van der Waals surface area contributed by atoms with Crippen LogP contribution >= 0.6 is 0 Å². The number of ether oxygens (including phenoxy) is 1. The van der Waals surface area contributed by atoms with E-state index in [1.165, 1.54) is 0 Å². The number of aliphatic hydroxyl groups excluding tert-OH is 1. The minimum atomic E-state index is -0.401. The number of rotatable bonds is 3. The Morgan fingerprint density at radius 1 is 1.33 bits per heavy atom. The Bertz CT molecular complexity index is 652. The summed E-state index contributed by atoms with van der Waals surface area (Å²) in [6.07, 6.45) is 1.30. The van der Waals surface area contributed by atoms with Gasteiger partial charge in [0.2, 0.25) is 0 Å². The topological polar surface area (TPSA) is 62.7 Å². The highest BCUT2D eigenvalue weighted by Crippen LogP contribution is 2.30. The molecule has 0 unspecified atom stereocenters. The van der Waals surface area contributed by atoms with Gasteiger partial charge >= 0.3 is 0 Å². The molecule has 1 saturated heterocycles. The number of aromatic nitrogens is 1. The van der Waals surface area contributed by atoms with Crippen molar-refractivity contribution in [3.05, 3.63) is 48.2 Å². The largest absolute Gasteiger partial charge is 0.496 e. The maximum Gasteiger partial charge on any atom is 0.254 e. The van der Waals surface area contributed by atoms with Crippen molar-refractivity contribution < 1.29 is 14.6 Å². The van der Waals surface area contributed by atoms with Gasteiger partial charge in [0.15, 0.2) is 0 Å². The molecule has 5 heteroatoms. The van der Waals surface area contributed by atoms with Crippen LogP contribution < -0.4 is 4.74 Å². The van der Waals surface area contributed by atoms with Gasteiger partial charge in [0.1, 0.15) is 5.75 Å². The number of likely N-dealkylation sites (tertiary alicyclic amines) is 1. The number of nitrogens with zero attached hydrogens (tertiary/aromatic N) is 2. The molecule has 5 nitrogen and oxygen atoms in total. The Kier molecular flexibility index (Phi) is 3.58. The van der Waals surface area contributed by atoms with Crippen LogP contribution in [0, 0.1) is 0 Å². The van der Waals surface area contributed by atoms with Gasteiger partial charge in [-0.15, -0.1) is 0 Å². The molecule has 2 aromatic rings. The van der Waals surface area contributed by atoms with E-state index in [-0.39, 0.29) is 5.91 Å². The van der Waals surface area contributed by atoms with Crippen LogP contribution in [-0.4, -0.2) is 47.2 Å². The first-order chi connectivity index (χ1) is 10.2. The lowest BCUT2D eigenvalue weighted by Crippen LogP contribution is -2.53. The van der Waals surface area contributed by atoms with Crippen LogP contribution in [0.3, 0.4) is 0 Å². The van der Waals surface area contributed by atoms with E-state index in [0.29, 0.717) is 24.4 Å². The molecule has 0 aliphatic carbocycles. The summed E-state index contributed by atoms with van der Waals surface area (Å²) in [5.74, 6) is 0.592. The minimum absolute atomic E-state index is 0.0832. The van der Waals surface area contributed by atoms with Crippen molar-refractivity contribution in [3.8, 4) is 17.0 Å². The van der Waals surface area contributed by atoms with E-state index < -0.39 is 6.10 Å². The molecular formula is C16H16N2O3. The van der Waals surface area contributed by atoms with Crippen molar-refractivity contribution in [1.29, 1.82) is 0 Å². The van der Waals surface area contributed by atoms with Gasteiger partial charge in [0, 0.05) is 30.4 Å². The van der Waals surface area contributed by atoms with Crippen LogP contribution in [0.15, 0.2) is 42.6 Å². The van der Waals surface area contributed by atoms with Gasteiger partial charge in [-0.2, -0.15) is 0 Å². The van der Waals surface area contributed by atoms with Crippen LogP contribution in [0.2, 0.25) is 0 Å². The van der Waals surface area contributed by atoms with Crippen molar-refractivity contribution >= 4 is 5.91 Å². The van der Waals surface area contributed by atoms with Gasteiger partial charge < -0.3 is 14.7 Å².